The molecule has 0 saturated carbocycles. The molecule has 0 unspecified atom stereocenters. The molecule has 1 atom stereocenters. The third-order valence-corrected chi connectivity index (χ3v) is 2.14. The average molecular weight is 239 g/mol. The highest BCUT2D eigenvalue weighted by molar-refractivity contribution is 5.29. The lowest BCUT2D eigenvalue weighted by Crippen LogP contribution is -2.15. The van der Waals surface area contributed by atoms with Crippen LogP contribution in [0, 0.1) is 5.82 Å². The van der Waals surface area contributed by atoms with Crippen molar-refractivity contribution in [2.24, 2.45) is 5.73 Å². The summed E-state index contributed by atoms with van der Waals surface area (Å²) in [5.41, 5.74) is 4.07. The van der Waals surface area contributed by atoms with Crippen molar-refractivity contribution in [3.05, 3.63) is 35.1 Å². The van der Waals surface area contributed by atoms with Gasteiger partial charge in [0.25, 0.3) is 0 Å². The fraction of sp³-hybridized carbons (Fsp3) is 0.400. The maximum atomic E-state index is 13.2. The molecule has 0 fully saturated rings. The van der Waals surface area contributed by atoms with Gasteiger partial charge < -0.3 is 5.73 Å². The molecule has 2 N–H and O–H groups in total. The van der Waals surface area contributed by atoms with Gasteiger partial charge in [-0.2, -0.15) is 13.2 Å². The lowest BCUT2D eigenvalue weighted by atomic mass is 10.0. The molecule has 0 aliphatic heterocycles. The first-order valence-corrected chi connectivity index (χ1v) is 4.54. The van der Waals surface area contributed by atoms with E-state index in [1.807, 2.05) is 0 Å². The van der Waals surface area contributed by atoms with E-state index in [2.05, 4.69) is 0 Å². The Balaban J connectivity index is 3.09. The van der Waals surface area contributed by atoms with Crippen LogP contribution in [0.1, 0.15) is 23.6 Å². The molecule has 0 saturated heterocycles. The maximum absolute atomic E-state index is 13.2. The van der Waals surface area contributed by atoms with Crippen LogP contribution in [0.15, 0.2) is 18.2 Å². The second kappa shape index (κ2) is 4.78. The van der Waals surface area contributed by atoms with Gasteiger partial charge in [0.15, 0.2) is 0 Å². The van der Waals surface area contributed by atoms with Crippen LogP contribution in [0.5, 0.6) is 0 Å². The smallest absolute Gasteiger partial charge is 0.324 e. The summed E-state index contributed by atoms with van der Waals surface area (Å²) < 4.78 is 62.1. The van der Waals surface area contributed by atoms with Crippen molar-refractivity contribution in [2.45, 2.75) is 18.6 Å². The van der Waals surface area contributed by atoms with Gasteiger partial charge in [-0.05, 0) is 24.6 Å². The van der Waals surface area contributed by atoms with Crippen molar-refractivity contribution in [3.63, 3.8) is 0 Å². The molecule has 1 aromatic rings. The van der Waals surface area contributed by atoms with Gasteiger partial charge in [-0.3, -0.25) is 4.39 Å². The summed E-state index contributed by atoms with van der Waals surface area (Å²) >= 11 is 0. The summed E-state index contributed by atoms with van der Waals surface area (Å²) in [6.45, 7) is -0.809. The third-order valence-electron chi connectivity index (χ3n) is 2.14. The molecule has 0 spiro atoms. The minimum Gasteiger partial charge on any atom is -0.324 e. The highest BCUT2D eigenvalue weighted by atomic mass is 19.4. The van der Waals surface area contributed by atoms with E-state index in [4.69, 9.17) is 5.73 Å². The molecule has 1 aromatic carbocycles. The monoisotopic (exact) mass is 239 g/mol. The minimum absolute atomic E-state index is 0.210. The molecule has 1 rings (SSSR count). The molecule has 0 heterocycles. The van der Waals surface area contributed by atoms with E-state index < -0.39 is 30.3 Å². The molecule has 0 aromatic heterocycles. The molecule has 1 nitrogen and oxygen atoms in total. The maximum Gasteiger partial charge on any atom is 0.416 e. The first kappa shape index (κ1) is 12.9. The Bertz CT molecular complexity index is 361. The topological polar surface area (TPSA) is 26.0 Å². The Kier molecular flexibility index (Phi) is 3.85. The number of benzene rings is 1. The van der Waals surface area contributed by atoms with Crippen LogP contribution < -0.4 is 5.73 Å². The van der Waals surface area contributed by atoms with Gasteiger partial charge in [0, 0.05) is 11.6 Å². The number of alkyl halides is 4. The normalized spacial score (nSPS) is 13.9. The van der Waals surface area contributed by atoms with Crippen molar-refractivity contribution >= 4 is 0 Å². The average Bonchev–Trinajstić information content (AvgIpc) is 2.16. The number of rotatable bonds is 3. The van der Waals surface area contributed by atoms with Crippen molar-refractivity contribution in [2.75, 3.05) is 6.67 Å². The predicted molar refractivity (Wildman–Crippen MR) is 48.9 cm³/mol. The summed E-state index contributed by atoms with van der Waals surface area (Å²) in [4.78, 5) is 0. The Labute approximate surface area is 89.1 Å². The van der Waals surface area contributed by atoms with E-state index in [0.29, 0.717) is 18.2 Å². The number of nitrogens with two attached hydrogens (primary N) is 1. The molecular formula is C10H10F5N. The third kappa shape index (κ3) is 2.91. The van der Waals surface area contributed by atoms with E-state index in [1.54, 1.807) is 0 Å². The summed E-state index contributed by atoms with van der Waals surface area (Å²) in [6.07, 6.45) is -4.77. The number of hydrogen-bond donors (Lipinski definition) is 1. The Morgan fingerprint density at radius 1 is 1.25 bits per heavy atom. The van der Waals surface area contributed by atoms with Crippen LogP contribution in [0.25, 0.3) is 0 Å². The lowest BCUT2D eigenvalue weighted by molar-refractivity contribution is -0.137. The fourth-order valence-corrected chi connectivity index (χ4v) is 1.28. The van der Waals surface area contributed by atoms with Gasteiger partial charge in [0.1, 0.15) is 5.82 Å². The van der Waals surface area contributed by atoms with Crippen LogP contribution in [0.4, 0.5) is 22.0 Å². The first-order valence-electron chi connectivity index (χ1n) is 4.54. The molecule has 6 heteroatoms. The van der Waals surface area contributed by atoms with E-state index in [1.165, 1.54) is 0 Å². The van der Waals surface area contributed by atoms with Crippen molar-refractivity contribution in [1.82, 2.24) is 0 Å². The molecule has 0 bridgehead atoms. The van der Waals surface area contributed by atoms with Gasteiger partial charge in [0.05, 0.1) is 12.2 Å². The van der Waals surface area contributed by atoms with E-state index in [9.17, 15) is 22.0 Å². The first-order chi connectivity index (χ1) is 7.36. The number of halogens is 5. The standard InChI is InChI=1S/C10H10F5N/c11-4-3-9(16)7-5-6(10(13,14)15)1-2-8(7)12/h1-2,5,9H,3-4,16H2/t9-/m0/s1. The molecule has 90 valence electrons. The van der Waals surface area contributed by atoms with Gasteiger partial charge >= 0.3 is 6.18 Å². The molecule has 0 aliphatic carbocycles. The zero-order valence-corrected chi connectivity index (χ0v) is 8.19. The van der Waals surface area contributed by atoms with E-state index in [-0.39, 0.29) is 12.0 Å². The Hall–Kier alpha value is -1.17. The minimum atomic E-state index is -4.56. The SMILES string of the molecule is N[C@@H](CCF)c1cc(C(F)(F)F)ccc1F. The second-order valence-corrected chi connectivity index (χ2v) is 3.32. The van der Waals surface area contributed by atoms with Crippen molar-refractivity contribution in [3.8, 4) is 0 Å². The fourth-order valence-electron chi connectivity index (χ4n) is 1.28. The molecule has 0 radical (unpaired) electrons. The highest BCUT2D eigenvalue weighted by Gasteiger charge is 2.31. The Morgan fingerprint density at radius 2 is 1.88 bits per heavy atom. The summed E-state index contributed by atoms with van der Waals surface area (Å²) in [6, 6.07) is 0.875. The van der Waals surface area contributed by atoms with Gasteiger partial charge in [-0.15, -0.1) is 0 Å². The molecule has 16 heavy (non-hydrogen) atoms. The zero-order valence-electron chi connectivity index (χ0n) is 8.19. The summed E-state index contributed by atoms with van der Waals surface area (Å²) in [5, 5.41) is 0. The molecule has 0 amide bonds. The number of hydrogen-bond acceptors (Lipinski definition) is 1. The van der Waals surface area contributed by atoms with E-state index >= 15 is 0 Å². The molecule has 0 aliphatic rings. The zero-order chi connectivity index (χ0) is 12.3. The van der Waals surface area contributed by atoms with Crippen LogP contribution >= 0.6 is 0 Å². The van der Waals surface area contributed by atoms with Crippen LogP contribution in [0.2, 0.25) is 0 Å². The largest absolute Gasteiger partial charge is 0.416 e. The van der Waals surface area contributed by atoms with Gasteiger partial charge in [-0.25, -0.2) is 4.39 Å². The van der Waals surface area contributed by atoms with Crippen LogP contribution in [-0.4, -0.2) is 6.67 Å². The summed E-state index contributed by atoms with van der Waals surface area (Å²) in [5.74, 6) is -0.853. The lowest BCUT2D eigenvalue weighted by Gasteiger charge is -2.14. The van der Waals surface area contributed by atoms with Crippen LogP contribution in [-0.2, 0) is 6.18 Å². The van der Waals surface area contributed by atoms with Gasteiger partial charge in [0.2, 0.25) is 0 Å². The van der Waals surface area contributed by atoms with Gasteiger partial charge in [-0.1, -0.05) is 0 Å². The van der Waals surface area contributed by atoms with Crippen LogP contribution in [0.3, 0.4) is 0 Å². The van der Waals surface area contributed by atoms with Crippen molar-refractivity contribution in [1.29, 1.82) is 0 Å². The predicted octanol–water partition coefficient (Wildman–Crippen LogP) is 3.20. The van der Waals surface area contributed by atoms with Crippen molar-refractivity contribution < 1.29 is 22.0 Å². The second-order valence-electron chi connectivity index (χ2n) is 3.32. The quantitative estimate of drug-likeness (QED) is 0.805. The van der Waals surface area contributed by atoms with E-state index in [0.717, 1.165) is 0 Å². The highest BCUT2D eigenvalue weighted by Crippen LogP contribution is 2.31. The molecular weight excluding hydrogens is 229 g/mol. The Morgan fingerprint density at radius 3 is 2.38 bits per heavy atom. The summed E-state index contributed by atoms with van der Waals surface area (Å²) in [7, 11) is 0.